The molecule has 0 aliphatic heterocycles. The van der Waals surface area contributed by atoms with E-state index in [9.17, 15) is 24.3 Å². The summed E-state index contributed by atoms with van der Waals surface area (Å²) in [5.41, 5.74) is 8.54. The maximum Gasteiger partial charge on any atom is 0.422 e. The van der Waals surface area contributed by atoms with E-state index in [1.165, 1.54) is 57.8 Å². The van der Waals surface area contributed by atoms with Gasteiger partial charge in [0.1, 0.15) is 0 Å². The van der Waals surface area contributed by atoms with Crippen molar-refractivity contribution in [1.29, 1.82) is 0 Å². The van der Waals surface area contributed by atoms with Crippen LogP contribution >= 0.6 is 0 Å². The molecule has 0 aromatic carbocycles. The summed E-state index contributed by atoms with van der Waals surface area (Å²) in [6.07, 6.45) is 29.5. The van der Waals surface area contributed by atoms with E-state index in [4.69, 9.17) is 21.7 Å². The first kappa shape index (κ1) is 44.9. The molecule has 2 amide bonds. The molecule has 0 heterocycles. The second-order valence-corrected chi connectivity index (χ2v) is 12.8. The molecule has 13 nitrogen and oxygen atoms in total. The number of carboxylic acid groups (broad SMARTS) is 4. The zero-order valence-electron chi connectivity index (χ0n) is 29.2. The molecule has 2 unspecified atom stereocenters. The number of amides is 2. The van der Waals surface area contributed by atoms with E-state index >= 15 is 0 Å². The lowest BCUT2D eigenvalue weighted by molar-refractivity contribution is -0.143. The van der Waals surface area contributed by atoms with Crippen LogP contribution in [0.3, 0.4) is 0 Å². The minimum Gasteiger partial charge on any atom is -0.481 e. The van der Waals surface area contributed by atoms with E-state index in [0.29, 0.717) is 19.3 Å². The number of hydrogen-bond acceptors (Lipinski definition) is 7. The van der Waals surface area contributed by atoms with Crippen LogP contribution in [0.2, 0.25) is 0 Å². The third-order valence-corrected chi connectivity index (χ3v) is 8.76. The molecule has 0 aliphatic rings. The Morgan fingerprint density at radius 3 is 1.21 bits per heavy atom. The summed E-state index contributed by atoms with van der Waals surface area (Å²) >= 11 is 0. The standard InChI is InChI=1S/C35H65N5O8/c1-2-25-30(32(41)42)26-21-17-13-9-5-3-6-10-14-18-22-27-31(33(43)44)28-23-19-15-11-7-4-8-12-16-20-24-29-40(35(47)48)39-38-37-36-34(45)46/h1,30-31,36-39H,3-29H2,(H,41,42)(H,43,44)(H,45,46)(H,47,48). The van der Waals surface area contributed by atoms with Crippen LogP contribution in [-0.2, 0) is 9.59 Å². The van der Waals surface area contributed by atoms with Crippen molar-refractivity contribution in [1.82, 2.24) is 27.0 Å². The number of carboxylic acids is 2. The van der Waals surface area contributed by atoms with Crippen LogP contribution in [0.1, 0.15) is 167 Å². The van der Waals surface area contributed by atoms with Crippen molar-refractivity contribution in [2.45, 2.75) is 167 Å². The van der Waals surface area contributed by atoms with Crippen LogP contribution in [-0.4, -0.2) is 56.1 Å². The number of hydrogen-bond donors (Lipinski definition) is 8. The van der Waals surface area contributed by atoms with Gasteiger partial charge >= 0.3 is 24.1 Å². The second-order valence-electron chi connectivity index (χ2n) is 12.8. The quantitative estimate of drug-likeness (QED) is 0.0184. The monoisotopic (exact) mass is 683 g/mol. The third-order valence-electron chi connectivity index (χ3n) is 8.76. The van der Waals surface area contributed by atoms with Gasteiger partial charge in [-0.2, -0.15) is 11.1 Å². The molecule has 0 radical (unpaired) electrons. The molecule has 0 aromatic heterocycles. The molecule has 13 heteroatoms. The Morgan fingerprint density at radius 2 is 0.875 bits per heavy atom. The minimum absolute atomic E-state index is 0.220. The first-order valence-corrected chi connectivity index (χ1v) is 18.3. The van der Waals surface area contributed by atoms with Crippen molar-refractivity contribution in [3.63, 3.8) is 0 Å². The van der Waals surface area contributed by atoms with Gasteiger partial charge in [0, 0.05) is 13.0 Å². The SMILES string of the molecule is C#CCC(CCCCCCCCCCCCCC(CCCCCCCCCCCCCN(NNNNC(=O)O)C(=O)O)C(=O)O)C(=O)O. The summed E-state index contributed by atoms with van der Waals surface area (Å²) in [6, 6.07) is 0. The second kappa shape index (κ2) is 32.5. The number of terminal acetylenes is 1. The van der Waals surface area contributed by atoms with E-state index in [0.717, 1.165) is 94.9 Å². The molecule has 278 valence electrons. The normalized spacial score (nSPS) is 12.2. The molecule has 0 saturated carbocycles. The fraction of sp³-hybridized carbons (Fsp3) is 0.829. The molecule has 0 saturated heterocycles. The van der Waals surface area contributed by atoms with Crippen LogP contribution in [0.15, 0.2) is 0 Å². The van der Waals surface area contributed by atoms with Crippen LogP contribution < -0.4 is 22.0 Å². The van der Waals surface area contributed by atoms with E-state index in [1.807, 2.05) is 5.43 Å². The van der Waals surface area contributed by atoms with Crippen molar-refractivity contribution < 1.29 is 39.6 Å². The maximum absolute atomic E-state index is 11.7. The zero-order chi connectivity index (χ0) is 35.7. The van der Waals surface area contributed by atoms with Crippen molar-refractivity contribution >= 4 is 24.1 Å². The highest BCUT2D eigenvalue weighted by Crippen LogP contribution is 2.21. The lowest BCUT2D eigenvalue weighted by atomic mass is 9.94. The van der Waals surface area contributed by atoms with Gasteiger partial charge in [0.05, 0.1) is 11.8 Å². The van der Waals surface area contributed by atoms with Gasteiger partial charge in [-0.05, 0) is 25.7 Å². The van der Waals surface area contributed by atoms with Crippen LogP contribution in [0, 0.1) is 24.2 Å². The summed E-state index contributed by atoms with van der Waals surface area (Å²) in [7, 11) is 0. The average molecular weight is 684 g/mol. The minimum atomic E-state index is -1.30. The first-order chi connectivity index (χ1) is 23.2. The highest BCUT2D eigenvalue weighted by atomic mass is 16.4. The van der Waals surface area contributed by atoms with Crippen LogP contribution in [0.4, 0.5) is 9.59 Å². The maximum atomic E-state index is 11.7. The Hall–Kier alpha value is -3.08. The molecular weight excluding hydrogens is 618 g/mol. The predicted octanol–water partition coefficient (Wildman–Crippen LogP) is 7.84. The van der Waals surface area contributed by atoms with Crippen molar-refractivity contribution in [3.8, 4) is 12.3 Å². The Kier molecular flexibility index (Phi) is 30.4. The number of unbranched alkanes of at least 4 members (excludes halogenated alkanes) is 20. The Balaban J connectivity index is 3.60. The number of rotatable bonds is 35. The van der Waals surface area contributed by atoms with Crippen molar-refractivity contribution in [2.24, 2.45) is 11.8 Å². The highest BCUT2D eigenvalue weighted by Gasteiger charge is 2.17. The largest absolute Gasteiger partial charge is 0.481 e. The Morgan fingerprint density at radius 1 is 0.521 bits per heavy atom. The summed E-state index contributed by atoms with van der Waals surface area (Å²) in [4.78, 5) is 44.3. The van der Waals surface area contributed by atoms with Gasteiger partial charge in [-0.15, -0.1) is 17.9 Å². The van der Waals surface area contributed by atoms with Crippen molar-refractivity contribution in [2.75, 3.05) is 6.54 Å². The van der Waals surface area contributed by atoms with Gasteiger partial charge in [0.25, 0.3) is 0 Å². The summed E-state index contributed by atoms with van der Waals surface area (Å²) in [5, 5.41) is 37.3. The summed E-state index contributed by atoms with van der Waals surface area (Å²) < 4.78 is 0. The summed E-state index contributed by atoms with van der Waals surface area (Å²) in [5.74, 6) is 0.401. The van der Waals surface area contributed by atoms with E-state index in [-0.39, 0.29) is 12.5 Å². The number of nitrogens with zero attached hydrogens (tertiary/aromatic N) is 1. The molecule has 0 bridgehead atoms. The van der Waals surface area contributed by atoms with Gasteiger partial charge in [-0.25, -0.2) is 20.0 Å². The van der Waals surface area contributed by atoms with E-state index < -0.39 is 30.0 Å². The number of aliphatic carboxylic acids is 2. The van der Waals surface area contributed by atoms with Crippen LogP contribution in [0.25, 0.3) is 0 Å². The van der Waals surface area contributed by atoms with Crippen LogP contribution in [0.5, 0.6) is 0 Å². The smallest absolute Gasteiger partial charge is 0.422 e. The molecule has 2 atom stereocenters. The van der Waals surface area contributed by atoms with E-state index in [1.54, 1.807) is 0 Å². The predicted molar refractivity (Wildman–Crippen MR) is 186 cm³/mol. The Labute approximate surface area is 288 Å². The summed E-state index contributed by atoms with van der Waals surface area (Å²) in [6.45, 7) is 0.277. The van der Waals surface area contributed by atoms with Gasteiger partial charge in [-0.1, -0.05) is 135 Å². The topological polar surface area (TPSA) is 201 Å². The van der Waals surface area contributed by atoms with Crippen molar-refractivity contribution in [3.05, 3.63) is 0 Å². The first-order valence-electron chi connectivity index (χ1n) is 18.3. The third kappa shape index (κ3) is 29.1. The number of hydrazine groups is 4. The van der Waals surface area contributed by atoms with Gasteiger partial charge in [0.15, 0.2) is 0 Å². The van der Waals surface area contributed by atoms with E-state index in [2.05, 4.69) is 22.5 Å². The molecule has 0 aromatic rings. The average Bonchev–Trinajstić information content (AvgIpc) is 3.04. The molecule has 0 aliphatic carbocycles. The number of carbonyl (C=O) groups is 4. The number of nitrogens with one attached hydrogen (secondary N) is 4. The molecular formula is C35H65N5O8. The van der Waals surface area contributed by atoms with Gasteiger partial charge < -0.3 is 20.4 Å². The molecule has 48 heavy (non-hydrogen) atoms. The Bertz CT molecular complexity index is 886. The molecule has 0 spiro atoms. The van der Waals surface area contributed by atoms with Gasteiger partial charge in [-0.3, -0.25) is 9.59 Å². The zero-order valence-corrected chi connectivity index (χ0v) is 29.2. The molecule has 0 rings (SSSR count). The fourth-order valence-corrected chi connectivity index (χ4v) is 5.85. The highest BCUT2D eigenvalue weighted by molar-refractivity contribution is 5.70. The molecule has 0 fully saturated rings. The fourth-order valence-electron chi connectivity index (χ4n) is 5.85. The lowest BCUT2D eigenvalue weighted by Crippen LogP contribution is -2.59. The lowest BCUT2D eigenvalue weighted by Gasteiger charge is -2.20. The molecule has 8 N–H and O–H groups in total. The van der Waals surface area contributed by atoms with Gasteiger partial charge in [0.2, 0.25) is 0 Å².